The summed E-state index contributed by atoms with van der Waals surface area (Å²) in [6.07, 6.45) is 5.51. The number of aromatic nitrogens is 6. The van der Waals surface area contributed by atoms with E-state index in [0.717, 1.165) is 30.2 Å². The zero-order chi connectivity index (χ0) is 17.2. The Hall–Kier alpha value is -3.22. The monoisotopic (exact) mass is 333 g/mol. The number of hydrogen-bond acceptors (Lipinski definition) is 5. The highest BCUT2D eigenvalue weighted by Crippen LogP contribution is 2.17. The van der Waals surface area contributed by atoms with E-state index < -0.39 is 0 Å². The van der Waals surface area contributed by atoms with Crippen molar-refractivity contribution >= 4 is 11.6 Å². The van der Waals surface area contributed by atoms with Gasteiger partial charge < -0.3 is 4.90 Å². The molecule has 4 rings (SSSR count). The number of nitrogens with zero attached hydrogens (tertiary/aromatic N) is 7. The van der Waals surface area contributed by atoms with Crippen LogP contribution in [0.25, 0.3) is 5.78 Å². The molecule has 0 spiro atoms. The highest BCUT2D eigenvalue weighted by molar-refractivity contribution is 5.46. The molecule has 0 aliphatic heterocycles. The Kier molecular flexibility index (Phi) is 3.89. The van der Waals surface area contributed by atoms with E-state index in [4.69, 9.17) is 0 Å². The minimum atomic E-state index is 0.613. The molecule has 0 fully saturated rings. The molecule has 0 N–H and O–H groups in total. The molecular weight excluding hydrogens is 314 g/mol. The summed E-state index contributed by atoms with van der Waals surface area (Å²) in [5.74, 6) is 1.57. The summed E-state index contributed by atoms with van der Waals surface area (Å²) in [6, 6.07) is 12.3. The van der Waals surface area contributed by atoms with E-state index in [0.29, 0.717) is 5.78 Å². The average molecular weight is 333 g/mol. The Labute approximate surface area is 145 Å². The highest BCUT2D eigenvalue weighted by Gasteiger charge is 2.11. The van der Waals surface area contributed by atoms with Crippen molar-refractivity contribution in [3.05, 3.63) is 71.9 Å². The third kappa shape index (κ3) is 3.21. The molecule has 1 aromatic carbocycles. The first-order chi connectivity index (χ1) is 12.2. The summed E-state index contributed by atoms with van der Waals surface area (Å²) in [6.45, 7) is 3.46. The molecule has 0 aliphatic rings. The van der Waals surface area contributed by atoms with Gasteiger partial charge in [0.1, 0.15) is 12.1 Å². The van der Waals surface area contributed by atoms with Crippen LogP contribution >= 0.6 is 0 Å². The number of hydrogen-bond donors (Lipinski definition) is 0. The first kappa shape index (κ1) is 15.3. The fraction of sp³-hybridized carbons (Fsp3) is 0.222. The first-order valence-corrected chi connectivity index (χ1v) is 8.13. The number of rotatable bonds is 5. The first-order valence-electron chi connectivity index (χ1n) is 8.13. The van der Waals surface area contributed by atoms with Crippen LogP contribution in [-0.2, 0) is 13.1 Å². The second-order valence-electron chi connectivity index (χ2n) is 6.12. The number of fused-ring (bicyclic) bond motifs is 1. The summed E-state index contributed by atoms with van der Waals surface area (Å²) in [4.78, 5) is 10.7. The third-order valence-corrected chi connectivity index (χ3v) is 4.05. The van der Waals surface area contributed by atoms with E-state index in [1.807, 2.05) is 49.1 Å². The Morgan fingerprint density at radius 1 is 1.08 bits per heavy atom. The molecule has 4 aromatic rings. The lowest BCUT2D eigenvalue weighted by atomic mass is 10.2. The Morgan fingerprint density at radius 2 is 1.92 bits per heavy atom. The zero-order valence-corrected chi connectivity index (χ0v) is 14.2. The van der Waals surface area contributed by atoms with Gasteiger partial charge in [0.05, 0.1) is 12.7 Å². The fourth-order valence-electron chi connectivity index (χ4n) is 2.88. The van der Waals surface area contributed by atoms with Crippen LogP contribution in [0.1, 0.15) is 16.8 Å². The van der Waals surface area contributed by atoms with Gasteiger partial charge in [-0.15, -0.1) is 0 Å². The van der Waals surface area contributed by atoms with Crippen LogP contribution in [0.2, 0.25) is 0 Å². The molecule has 0 amide bonds. The van der Waals surface area contributed by atoms with Crippen molar-refractivity contribution in [2.75, 3.05) is 11.9 Å². The quantitative estimate of drug-likeness (QED) is 0.561. The lowest BCUT2D eigenvalue weighted by Crippen LogP contribution is -2.20. The van der Waals surface area contributed by atoms with E-state index in [1.165, 1.54) is 11.9 Å². The van der Waals surface area contributed by atoms with Crippen LogP contribution in [0.4, 0.5) is 5.82 Å². The van der Waals surface area contributed by atoms with E-state index in [2.05, 4.69) is 43.4 Å². The van der Waals surface area contributed by atoms with Crippen LogP contribution in [0.15, 0.2) is 55.1 Å². The topological polar surface area (TPSA) is 64.1 Å². The predicted octanol–water partition coefficient (Wildman–Crippen LogP) is 2.31. The van der Waals surface area contributed by atoms with Crippen LogP contribution in [0.5, 0.6) is 0 Å². The maximum Gasteiger partial charge on any atom is 0.254 e. The van der Waals surface area contributed by atoms with Gasteiger partial charge in [0.15, 0.2) is 0 Å². The van der Waals surface area contributed by atoms with Gasteiger partial charge in [0, 0.05) is 37.1 Å². The molecule has 0 bridgehead atoms. The number of benzene rings is 1. The van der Waals surface area contributed by atoms with Gasteiger partial charge in [-0.2, -0.15) is 19.7 Å². The van der Waals surface area contributed by atoms with Crippen LogP contribution < -0.4 is 4.90 Å². The van der Waals surface area contributed by atoms with E-state index in [9.17, 15) is 0 Å². The molecule has 0 saturated heterocycles. The van der Waals surface area contributed by atoms with Crippen molar-refractivity contribution in [2.24, 2.45) is 0 Å². The van der Waals surface area contributed by atoms with Crippen LogP contribution in [0.3, 0.4) is 0 Å². The van der Waals surface area contributed by atoms with Gasteiger partial charge in [0.25, 0.3) is 5.78 Å². The maximum atomic E-state index is 4.47. The van der Waals surface area contributed by atoms with Gasteiger partial charge in [-0.1, -0.05) is 30.3 Å². The standard InChI is InChI=1S/C18H19N7/c1-14-8-17(25-18(22-14)19-13-21-25)23(2)10-16-9-20-24(12-16)11-15-6-4-3-5-7-15/h3-9,12-13H,10-11H2,1-2H3. The van der Waals surface area contributed by atoms with Gasteiger partial charge in [0.2, 0.25) is 0 Å². The second kappa shape index (κ2) is 6.35. The molecule has 25 heavy (non-hydrogen) atoms. The molecule has 7 heteroatoms. The smallest absolute Gasteiger partial charge is 0.254 e. The lowest BCUT2D eigenvalue weighted by molar-refractivity contribution is 0.686. The SMILES string of the molecule is Cc1cc(N(C)Cc2cnn(Cc3ccccc3)c2)n2ncnc2n1. The predicted molar refractivity (Wildman–Crippen MR) is 95.4 cm³/mol. The molecule has 126 valence electrons. The van der Waals surface area contributed by atoms with Gasteiger partial charge in [-0.05, 0) is 12.5 Å². The minimum absolute atomic E-state index is 0.613. The fourth-order valence-corrected chi connectivity index (χ4v) is 2.88. The van der Waals surface area contributed by atoms with E-state index in [1.54, 1.807) is 4.52 Å². The van der Waals surface area contributed by atoms with Crippen molar-refractivity contribution in [3.8, 4) is 0 Å². The van der Waals surface area contributed by atoms with Crippen molar-refractivity contribution in [1.82, 2.24) is 29.4 Å². The summed E-state index contributed by atoms with van der Waals surface area (Å²) in [5.41, 5.74) is 3.29. The molecule has 0 atom stereocenters. The molecule has 3 heterocycles. The van der Waals surface area contributed by atoms with Crippen molar-refractivity contribution in [1.29, 1.82) is 0 Å². The minimum Gasteiger partial charge on any atom is -0.355 e. The Balaban J connectivity index is 1.53. The Morgan fingerprint density at radius 3 is 2.76 bits per heavy atom. The number of aryl methyl sites for hydroxylation is 1. The van der Waals surface area contributed by atoms with Gasteiger partial charge in [-0.25, -0.2) is 4.98 Å². The molecule has 0 unspecified atom stereocenters. The summed E-state index contributed by atoms with van der Waals surface area (Å²) in [7, 11) is 2.03. The lowest BCUT2D eigenvalue weighted by Gasteiger charge is -2.19. The van der Waals surface area contributed by atoms with Crippen molar-refractivity contribution in [2.45, 2.75) is 20.0 Å². The molecule has 3 aromatic heterocycles. The van der Waals surface area contributed by atoms with Gasteiger partial charge >= 0.3 is 0 Å². The third-order valence-electron chi connectivity index (χ3n) is 4.05. The normalized spacial score (nSPS) is 11.1. The van der Waals surface area contributed by atoms with Crippen molar-refractivity contribution in [3.63, 3.8) is 0 Å². The molecular formula is C18H19N7. The zero-order valence-electron chi connectivity index (χ0n) is 14.2. The maximum absolute atomic E-state index is 4.47. The van der Waals surface area contributed by atoms with E-state index >= 15 is 0 Å². The average Bonchev–Trinajstić information content (AvgIpc) is 3.24. The van der Waals surface area contributed by atoms with Crippen LogP contribution in [0, 0.1) is 6.92 Å². The second-order valence-corrected chi connectivity index (χ2v) is 6.12. The highest BCUT2D eigenvalue weighted by atomic mass is 15.4. The summed E-state index contributed by atoms with van der Waals surface area (Å²) < 4.78 is 3.71. The van der Waals surface area contributed by atoms with Gasteiger partial charge in [-0.3, -0.25) is 4.68 Å². The molecule has 0 saturated carbocycles. The number of anilines is 1. The molecule has 0 radical (unpaired) electrons. The van der Waals surface area contributed by atoms with Crippen molar-refractivity contribution < 1.29 is 0 Å². The van der Waals surface area contributed by atoms with E-state index in [-0.39, 0.29) is 0 Å². The largest absolute Gasteiger partial charge is 0.355 e. The molecule has 7 nitrogen and oxygen atoms in total. The summed E-state index contributed by atoms with van der Waals surface area (Å²) in [5, 5.41) is 8.74. The molecule has 0 aliphatic carbocycles. The van der Waals surface area contributed by atoms with Crippen LogP contribution in [-0.4, -0.2) is 36.4 Å². The Bertz CT molecular complexity index is 987. The summed E-state index contributed by atoms with van der Waals surface area (Å²) >= 11 is 0.